The first-order chi connectivity index (χ1) is 17.1. The molecule has 0 spiro atoms. The standard InChI is InChI=1S/C26H39N7O2/c1-3-33-17-9-12-22(33)18-27-24-30-25(28-20-10-7-5-6-8-11-20)32-26(31-24)29-21-15-13-19(14-16-21)23(34)35-4-2/h13-16,20,22H,3-12,17-18H2,1-2H3,(H3,27,28,29,30,31,32). The second kappa shape index (κ2) is 12.7. The number of likely N-dealkylation sites (tertiary alicyclic amines) is 1. The zero-order valence-electron chi connectivity index (χ0n) is 21.1. The number of nitrogens with one attached hydrogen (secondary N) is 3. The van der Waals surface area contributed by atoms with E-state index in [1.807, 2.05) is 12.1 Å². The number of hydrogen-bond donors (Lipinski definition) is 3. The molecule has 2 fully saturated rings. The Morgan fingerprint density at radius 3 is 2.37 bits per heavy atom. The lowest BCUT2D eigenvalue weighted by molar-refractivity contribution is 0.0526. The lowest BCUT2D eigenvalue weighted by atomic mass is 10.1. The zero-order chi connectivity index (χ0) is 24.5. The number of carbonyl (C=O) groups is 1. The number of esters is 1. The van der Waals surface area contributed by atoms with Crippen LogP contribution in [0.5, 0.6) is 0 Å². The number of anilines is 4. The van der Waals surface area contributed by atoms with E-state index in [1.54, 1.807) is 19.1 Å². The summed E-state index contributed by atoms with van der Waals surface area (Å²) in [4.78, 5) is 28.5. The number of ether oxygens (including phenoxy) is 1. The third-order valence-corrected chi connectivity index (χ3v) is 6.88. The summed E-state index contributed by atoms with van der Waals surface area (Å²) >= 11 is 0. The van der Waals surface area contributed by atoms with Gasteiger partial charge < -0.3 is 20.7 Å². The van der Waals surface area contributed by atoms with E-state index in [4.69, 9.17) is 9.72 Å². The molecule has 1 saturated heterocycles. The average molecular weight is 482 g/mol. The number of nitrogens with zero attached hydrogens (tertiary/aromatic N) is 4. The van der Waals surface area contributed by atoms with Crippen molar-refractivity contribution >= 4 is 29.5 Å². The molecule has 1 aromatic carbocycles. The van der Waals surface area contributed by atoms with Crippen LogP contribution in [0.1, 0.15) is 75.6 Å². The summed E-state index contributed by atoms with van der Waals surface area (Å²) in [6, 6.07) is 8.03. The number of benzene rings is 1. The number of rotatable bonds is 10. The van der Waals surface area contributed by atoms with Crippen LogP contribution < -0.4 is 16.0 Å². The van der Waals surface area contributed by atoms with Crippen molar-refractivity contribution in [1.29, 1.82) is 0 Å². The van der Waals surface area contributed by atoms with E-state index in [-0.39, 0.29) is 5.97 Å². The van der Waals surface area contributed by atoms with Crippen molar-refractivity contribution in [2.45, 2.75) is 77.3 Å². The Labute approximate surface area is 208 Å². The van der Waals surface area contributed by atoms with Gasteiger partial charge in [-0.25, -0.2) is 4.79 Å². The molecular weight excluding hydrogens is 442 g/mol. The maximum atomic E-state index is 11.9. The van der Waals surface area contributed by atoms with Crippen LogP contribution in [0, 0.1) is 0 Å². The molecule has 1 saturated carbocycles. The molecule has 3 N–H and O–H groups in total. The molecule has 9 nitrogen and oxygen atoms in total. The highest BCUT2D eigenvalue weighted by Gasteiger charge is 2.23. The van der Waals surface area contributed by atoms with Crippen molar-refractivity contribution in [1.82, 2.24) is 19.9 Å². The van der Waals surface area contributed by atoms with Crippen molar-refractivity contribution in [3.05, 3.63) is 29.8 Å². The van der Waals surface area contributed by atoms with Gasteiger partial charge >= 0.3 is 5.97 Å². The van der Waals surface area contributed by atoms with Crippen molar-refractivity contribution in [3.63, 3.8) is 0 Å². The monoisotopic (exact) mass is 481 g/mol. The molecule has 190 valence electrons. The molecule has 2 heterocycles. The minimum absolute atomic E-state index is 0.325. The predicted molar refractivity (Wildman–Crippen MR) is 139 cm³/mol. The Morgan fingerprint density at radius 1 is 0.943 bits per heavy atom. The SMILES string of the molecule is CCOC(=O)c1ccc(Nc2nc(NCC3CCCN3CC)nc(NC3CCCCCC3)n2)cc1. The van der Waals surface area contributed by atoms with Gasteiger partial charge in [-0.2, -0.15) is 15.0 Å². The molecule has 0 bridgehead atoms. The molecular formula is C26H39N7O2. The molecule has 2 aliphatic rings. The van der Waals surface area contributed by atoms with Gasteiger partial charge in [0, 0.05) is 24.3 Å². The lowest BCUT2D eigenvalue weighted by Gasteiger charge is -2.23. The maximum Gasteiger partial charge on any atom is 0.338 e. The maximum absolute atomic E-state index is 11.9. The largest absolute Gasteiger partial charge is 0.462 e. The van der Waals surface area contributed by atoms with Gasteiger partial charge in [-0.15, -0.1) is 0 Å². The summed E-state index contributed by atoms with van der Waals surface area (Å²) in [7, 11) is 0. The summed E-state index contributed by atoms with van der Waals surface area (Å²) in [6.45, 7) is 7.40. The third kappa shape index (κ3) is 7.27. The van der Waals surface area contributed by atoms with E-state index in [2.05, 4.69) is 37.7 Å². The molecule has 1 aliphatic heterocycles. The smallest absolute Gasteiger partial charge is 0.338 e. The molecule has 1 aromatic heterocycles. The number of aromatic nitrogens is 3. The molecule has 0 radical (unpaired) electrons. The molecule has 9 heteroatoms. The molecule has 1 atom stereocenters. The fourth-order valence-corrected chi connectivity index (χ4v) is 4.97. The van der Waals surface area contributed by atoms with Crippen molar-refractivity contribution in [2.24, 2.45) is 0 Å². The van der Waals surface area contributed by atoms with E-state index in [0.29, 0.717) is 42.1 Å². The van der Waals surface area contributed by atoms with Crippen molar-refractivity contribution < 1.29 is 9.53 Å². The Balaban J connectivity index is 1.49. The van der Waals surface area contributed by atoms with Gasteiger partial charge in [-0.1, -0.05) is 32.6 Å². The number of carbonyl (C=O) groups excluding carboxylic acids is 1. The van der Waals surface area contributed by atoms with Gasteiger partial charge in [0.2, 0.25) is 17.8 Å². The Kier molecular flexibility index (Phi) is 9.11. The summed E-state index contributed by atoms with van der Waals surface area (Å²) in [5.74, 6) is 1.32. The summed E-state index contributed by atoms with van der Waals surface area (Å²) < 4.78 is 5.07. The molecule has 1 unspecified atom stereocenters. The van der Waals surface area contributed by atoms with Crippen molar-refractivity contribution in [2.75, 3.05) is 42.2 Å². The first-order valence-electron chi connectivity index (χ1n) is 13.2. The van der Waals surface area contributed by atoms with E-state index < -0.39 is 0 Å². The van der Waals surface area contributed by atoms with Gasteiger partial charge in [-0.3, -0.25) is 4.90 Å². The first kappa shape index (κ1) is 25.2. The molecule has 35 heavy (non-hydrogen) atoms. The zero-order valence-corrected chi connectivity index (χ0v) is 21.1. The van der Waals surface area contributed by atoms with Gasteiger partial charge in [0.05, 0.1) is 12.2 Å². The quantitative estimate of drug-likeness (QED) is 0.325. The van der Waals surface area contributed by atoms with Crippen LogP contribution in [0.3, 0.4) is 0 Å². The van der Waals surface area contributed by atoms with Gasteiger partial charge in [0.15, 0.2) is 0 Å². The summed E-state index contributed by atoms with van der Waals surface area (Å²) in [6.07, 6.45) is 9.77. The van der Waals surface area contributed by atoms with Crippen LogP contribution >= 0.6 is 0 Å². The second-order valence-corrected chi connectivity index (χ2v) is 9.37. The van der Waals surface area contributed by atoms with Crippen LogP contribution in [-0.4, -0.2) is 64.1 Å². The lowest BCUT2D eigenvalue weighted by Crippen LogP contribution is -2.35. The van der Waals surface area contributed by atoms with E-state index in [9.17, 15) is 4.79 Å². The number of likely N-dealkylation sites (N-methyl/N-ethyl adjacent to an activating group) is 1. The summed E-state index contributed by atoms with van der Waals surface area (Å²) in [5, 5.41) is 10.3. The summed E-state index contributed by atoms with van der Waals surface area (Å²) in [5.41, 5.74) is 1.31. The average Bonchev–Trinajstić information content (AvgIpc) is 3.18. The highest BCUT2D eigenvalue weighted by molar-refractivity contribution is 5.89. The van der Waals surface area contributed by atoms with Crippen LogP contribution in [0.15, 0.2) is 24.3 Å². The Bertz CT molecular complexity index is 945. The molecule has 1 aliphatic carbocycles. The van der Waals surface area contributed by atoms with E-state index in [1.165, 1.54) is 38.5 Å². The van der Waals surface area contributed by atoms with Gasteiger partial charge in [-0.05, 0) is 70.0 Å². The second-order valence-electron chi connectivity index (χ2n) is 9.37. The van der Waals surface area contributed by atoms with Crippen LogP contribution in [0.4, 0.5) is 23.5 Å². The number of hydrogen-bond acceptors (Lipinski definition) is 9. The van der Waals surface area contributed by atoms with Crippen LogP contribution in [0.25, 0.3) is 0 Å². The molecule has 4 rings (SSSR count). The van der Waals surface area contributed by atoms with Crippen molar-refractivity contribution in [3.8, 4) is 0 Å². The Hall–Kier alpha value is -2.94. The van der Waals surface area contributed by atoms with Gasteiger partial charge in [0.25, 0.3) is 0 Å². The Morgan fingerprint density at radius 2 is 1.66 bits per heavy atom. The minimum atomic E-state index is -0.325. The minimum Gasteiger partial charge on any atom is -0.462 e. The van der Waals surface area contributed by atoms with Crippen LogP contribution in [-0.2, 0) is 4.74 Å². The molecule has 2 aromatic rings. The first-order valence-corrected chi connectivity index (χ1v) is 13.2. The topological polar surface area (TPSA) is 104 Å². The fraction of sp³-hybridized carbons (Fsp3) is 0.615. The van der Waals surface area contributed by atoms with E-state index >= 15 is 0 Å². The fourth-order valence-electron chi connectivity index (χ4n) is 4.97. The van der Waals surface area contributed by atoms with Crippen LogP contribution in [0.2, 0.25) is 0 Å². The normalized spacial score (nSPS) is 19.2. The predicted octanol–water partition coefficient (Wildman–Crippen LogP) is 4.82. The van der Waals surface area contributed by atoms with E-state index in [0.717, 1.165) is 38.2 Å². The third-order valence-electron chi connectivity index (χ3n) is 6.88. The highest BCUT2D eigenvalue weighted by atomic mass is 16.5. The highest BCUT2D eigenvalue weighted by Crippen LogP contribution is 2.23. The van der Waals surface area contributed by atoms with Gasteiger partial charge in [0.1, 0.15) is 0 Å². The molecule has 0 amide bonds.